The summed E-state index contributed by atoms with van der Waals surface area (Å²) in [6.45, 7) is 20.8. The fourth-order valence-corrected chi connectivity index (χ4v) is 6.60. The molecule has 0 aliphatic rings. The van der Waals surface area contributed by atoms with Crippen molar-refractivity contribution in [2.75, 3.05) is 6.54 Å². The summed E-state index contributed by atoms with van der Waals surface area (Å²) >= 11 is 12.4. The maximum atomic E-state index is 12.7. The SMILES string of the molecule is N.N#Cc1ccc(C(N)=O)cc1.[C-]#[N+]c1ccc(C[C@@H](C(=O)NCC(=O)c2ccc(C#N)cc2)[C@H](C)O)c(CC)c1Cl.[C-]#[N+]c1ccc(C[C@@H](C(=O)O)[C@H](C)O)c(CC)c1Cl. The second kappa shape index (κ2) is 25.8. The van der Waals surface area contributed by atoms with E-state index in [0.29, 0.717) is 56.5 Å². The van der Waals surface area contributed by atoms with E-state index in [1.165, 1.54) is 50.2 Å². The van der Waals surface area contributed by atoms with Gasteiger partial charge in [0.1, 0.15) is 0 Å². The molecule has 14 nitrogen and oxygen atoms in total. The summed E-state index contributed by atoms with van der Waals surface area (Å²) in [7, 11) is 0. The van der Waals surface area contributed by atoms with E-state index in [2.05, 4.69) is 15.0 Å². The number of nitriles is 2. The van der Waals surface area contributed by atoms with Crippen molar-refractivity contribution in [2.24, 2.45) is 17.6 Å². The predicted octanol–water partition coefficient (Wildman–Crippen LogP) is 7.76. The number of halogens is 2. The number of carboxylic acid groups (broad SMARTS) is 1. The number of nitrogens with zero attached hydrogens (tertiary/aromatic N) is 4. The Morgan fingerprint density at radius 2 is 1.11 bits per heavy atom. The van der Waals surface area contributed by atoms with E-state index in [1.807, 2.05) is 26.0 Å². The number of benzene rings is 4. The third-order valence-corrected chi connectivity index (χ3v) is 10.2. The van der Waals surface area contributed by atoms with Gasteiger partial charge in [0, 0.05) is 11.1 Å². The van der Waals surface area contributed by atoms with Gasteiger partial charge < -0.3 is 32.5 Å². The standard InChI is InChI=1S/C23H22ClN3O3.C14H16ClNO3.C8H6N2O.H3N/c1-4-18-17(9-10-20(26-3)22(18)24)11-19(14(2)28)23(30)27-13-21(29)16-7-5-15(12-25)6-8-16;1-4-10-9(5-6-12(16-3)13(10)15)7-11(8(2)17)14(18)19;9-5-6-1-3-7(4-2-6)8(10)11;/h5-10,14,19,28H,4,11,13H2,1-2H3,(H,27,30);5-6,8,11,17H,4,7H2,1-2H3,(H,18,19);1-4H,(H2,10,11);1H3/t14-,19+;8-,11+;;/m00../s1. The van der Waals surface area contributed by atoms with E-state index in [9.17, 15) is 29.4 Å². The van der Waals surface area contributed by atoms with Crippen molar-refractivity contribution >= 4 is 58.1 Å². The fraction of sp³-hybridized carbons (Fsp3) is 0.289. The largest absolute Gasteiger partial charge is 0.481 e. The average Bonchev–Trinajstić information content (AvgIpc) is 3.23. The maximum Gasteiger partial charge on any atom is 0.309 e. The number of ketones is 1. The molecule has 0 saturated carbocycles. The quantitative estimate of drug-likeness (QED) is 0.0530. The summed E-state index contributed by atoms with van der Waals surface area (Å²) < 4.78 is 0. The van der Waals surface area contributed by atoms with E-state index >= 15 is 0 Å². The van der Waals surface area contributed by atoms with Crippen LogP contribution in [0.25, 0.3) is 9.69 Å². The van der Waals surface area contributed by atoms with Crippen LogP contribution in [0.2, 0.25) is 10.0 Å². The van der Waals surface area contributed by atoms with Crippen molar-refractivity contribution < 1.29 is 34.5 Å². The van der Waals surface area contributed by atoms with E-state index in [4.69, 9.17) is 57.7 Å². The number of carbonyl (C=O) groups excluding carboxylic acids is 3. The number of aliphatic hydroxyl groups is 2. The van der Waals surface area contributed by atoms with Crippen molar-refractivity contribution in [1.82, 2.24) is 11.5 Å². The van der Waals surface area contributed by atoms with Gasteiger partial charge >= 0.3 is 5.97 Å². The Morgan fingerprint density at radius 3 is 1.44 bits per heavy atom. The van der Waals surface area contributed by atoms with Crippen LogP contribution in [0.15, 0.2) is 72.8 Å². The molecule has 0 heterocycles. The Balaban J connectivity index is 0.000000510. The lowest BCUT2D eigenvalue weighted by Crippen LogP contribution is -2.40. The second-order valence-electron chi connectivity index (χ2n) is 13.3. The highest BCUT2D eigenvalue weighted by Crippen LogP contribution is 2.34. The molecule has 0 aliphatic carbocycles. The molecule has 0 radical (unpaired) electrons. The minimum Gasteiger partial charge on any atom is -0.481 e. The first kappa shape index (κ1) is 52.4. The second-order valence-corrected chi connectivity index (χ2v) is 14.1. The van der Waals surface area contributed by atoms with Crippen LogP contribution in [0, 0.1) is 47.6 Å². The summed E-state index contributed by atoms with van der Waals surface area (Å²) in [6.07, 6.45) is -0.253. The monoisotopic (exact) mass is 867 g/mol. The molecular formula is C45H47Cl2N7O7. The summed E-state index contributed by atoms with van der Waals surface area (Å²) in [5.41, 5.74) is 10.6. The van der Waals surface area contributed by atoms with Crippen LogP contribution < -0.4 is 17.2 Å². The smallest absolute Gasteiger partial charge is 0.309 e. The molecule has 0 aromatic heterocycles. The van der Waals surface area contributed by atoms with Gasteiger partial charge in [-0.05, 0) is 98.2 Å². The molecule has 0 unspecified atom stereocenters. The van der Waals surface area contributed by atoms with Gasteiger partial charge in [-0.25, -0.2) is 9.69 Å². The lowest BCUT2D eigenvalue weighted by molar-refractivity contribution is -0.145. The maximum absolute atomic E-state index is 12.7. The number of Topliss-reactive ketones (excluding diaryl/α,β-unsaturated/α-hetero) is 1. The van der Waals surface area contributed by atoms with Crippen LogP contribution in [-0.4, -0.2) is 57.6 Å². The number of carboxylic acids is 1. The van der Waals surface area contributed by atoms with Crippen LogP contribution in [0.4, 0.5) is 11.4 Å². The van der Waals surface area contributed by atoms with Crippen LogP contribution in [0.1, 0.15) is 81.8 Å². The van der Waals surface area contributed by atoms with Crippen LogP contribution >= 0.6 is 23.2 Å². The molecule has 0 aliphatic heterocycles. The predicted molar refractivity (Wildman–Crippen MR) is 233 cm³/mol. The Kier molecular flexibility index (Phi) is 22.1. The van der Waals surface area contributed by atoms with Gasteiger partial charge in [-0.3, -0.25) is 19.2 Å². The summed E-state index contributed by atoms with van der Waals surface area (Å²) in [5, 5.41) is 49.3. The molecule has 61 heavy (non-hydrogen) atoms. The minimum atomic E-state index is -1.04. The van der Waals surface area contributed by atoms with Gasteiger partial charge in [0.05, 0.1) is 77.0 Å². The Bertz CT molecular complexity index is 2340. The molecule has 0 spiro atoms. The Morgan fingerprint density at radius 1 is 0.721 bits per heavy atom. The zero-order valence-corrected chi connectivity index (χ0v) is 35.6. The molecule has 318 valence electrons. The average molecular weight is 869 g/mol. The van der Waals surface area contributed by atoms with Crippen molar-refractivity contribution in [2.45, 2.75) is 65.6 Å². The molecule has 2 amide bonds. The van der Waals surface area contributed by atoms with Gasteiger partial charge in [-0.1, -0.05) is 73.4 Å². The highest BCUT2D eigenvalue weighted by atomic mass is 35.5. The van der Waals surface area contributed by atoms with Crippen LogP contribution in [0.3, 0.4) is 0 Å². The van der Waals surface area contributed by atoms with Crippen molar-refractivity contribution in [3.05, 3.63) is 150 Å². The van der Waals surface area contributed by atoms with E-state index in [1.54, 1.807) is 36.4 Å². The lowest BCUT2D eigenvalue weighted by Gasteiger charge is -2.21. The lowest BCUT2D eigenvalue weighted by atomic mass is 9.90. The number of rotatable bonds is 14. The summed E-state index contributed by atoms with van der Waals surface area (Å²) in [6, 6.07) is 22.9. The molecule has 4 rings (SSSR count). The van der Waals surface area contributed by atoms with E-state index in [0.717, 1.165) is 22.3 Å². The third kappa shape index (κ3) is 15.2. The van der Waals surface area contributed by atoms with Gasteiger partial charge in [0.25, 0.3) is 0 Å². The zero-order valence-electron chi connectivity index (χ0n) is 34.1. The van der Waals surface area contributed by atoms with Crippen molar-refractivity contribution in [3.8, 4) is 12.1 Å². The molecule has 0 fully saturated rings. The molecule has 0 bridgehead atoms. The van der Waals surface area contributed by atoms with E-state index < -0.39 is 41.8 Å². The van der Waals surface area contributed by atoms with Crippen molar-refractivity contribution in [1.29, 1.82) is 10.5 Å². The van der Waals surface area contributed by atoms with Gasteiger partial charge in [-0.2, -0.15) is 10.5 Å². The number of carbonyl (C=O) groups is 4. The Hall–Kier alpha value is -6.62. The topological polar surface area (TPSA) is 258 Å². The summed E-state index contributed by atoms with van der Waals surface area (Å²) in [5.74, 6) is -3.91. The number of amides is 2. The number of aliphatic hydroxyl groups excluding tert-OH is 2. The zero-order chi connectivity index (χ0) is 45.1. The Labute approximate surface area is 365 Å². The first-order chi connectivity index (χ1) is 28.5. The number of nitrogens with two attached hydrogens (primary N) is 1. The van der Waals surface area contributed by atoms with Gasteiger partial charge in [-0.15, -0.1) is 0 Å². The molecule has 4 aromatic carbocycles. The highest BCUT2D eigenvalue weighted by molar-refractivity contribution is 6.34. The number of primary amides is 1. The minimum absolute atomic E-state index is 0. The molecule has 4 atom stereocenters. The van der Waals surface area contributed by atoms with E-state index in [-0.39, 0.29) is 31.3 Å². The van der Waals surface area contributed by atoms with Gasteiger partial charge in [0.15, 0.2) is 5.78 Å². The molecule has 4 aromatic rings. The highest BCUT2D eigenvalue weighted by Gasteiger charge is 2.27. The first-order valence-corrected chi connectivity index (χ1v) is 19.3. The van der Waals surface area contributed by atoms with Gasteiger partial charge in [0.2, 0.25) is 23.2 Å². The number of hydrogen-bond donors (Lipinski definition) is 6. The molecule has 9 N–H and O–H groups in total. The number of nitrogens with one attached hydrogen (secondary N) is 1. The van der Waals surface area contributed by atoms with Crippen LogP contribution in [0.5, 0.6) is 0 Å². The molecule has 16 heteroatoms. The molecule has 0 saturated heterocycles. The van der Waals surface area contributed by atoms with Crippen molar-refractivity contribution in [3.63, 3.8) is 0 Å². The number of aliphatic carboxylic acids is 1. The molecular weight excluding hydrogens is 821 g/mol. The first-order valence-electron chi connectivity index (χ1n) is 18.5. The summed E-state index contributed by atoms with van der Waals surface area (Å²) in [4.78, 5) is 53.4. The fourth-order valence-electron chi connectivity index (χ4n) is 5.88. The number of hydrogen-bond acceptors (Lipinski definition) is 9. The normalized spacial score (nSPS) is 11.9. The van der Waals surface area contributed by atoms with Crippen LogP contribution in [-0.2, 0) is 35.3 Å². The third-order valence-electron chi connectivity index (χ3n) is 9.34.